The van der Waals surface area contributed by atoms with Crippen molar-refractivity contribution in [2.45, 2.75) is 72.6 Å². The van der Waals surface area contributed by atoms with Crippen LogP contribution in [-0.4, -0.2) is 36.7 Å². The average Bonchev–Trinajstić information content (AvgIpc) is 2.54. The van der Waals surface area contributed by atoms with Crippen molar-refractivity contribution in [3.63, 3.8) is 0 Å². The van der Waals surface area contributed by atoms with Gasteiger partial charge in [-0.05, 0) is 40.2 Å². The largest absolute Gasteiger partial charge is 0.458 e. The number of rotatable bonds is 13. The first kappa shape index (κ1) is 22.3. The van der Waals surface area contributed by atoms with Crippen molar-refractivity contribution < 1.29 is 28.6 Å². The lowest BCUT2D eigenvalue weighted by Gasteiger charge is -2.25. The number of para-hydroxylation sites is 2. The predicted molar refractivity (Wildman–Crippen MR) is 95.7 cm³/mol. The number of hydrogen-bond donors (Lipinski definition) is 0. The summed E-state index contributed by atoms with van der Waals surface area (Å²) in [5.74, 6) is 0.138. The highest BCUT2D eigenvalue weighted by Crippen LogP contribution is 2.27. The molecule has 0 saturated carbocycles. The van der Waals surface area contributed by atoms with Crippen molar-refractivity contribution in [3.05, 3.63) is 34.4 Å². The summed E-state index contributed by atoms with van der Waals surface area (Å²) in [6.07, 6.45) is -0.268. The van der Waals surface area contributed by atoms with Crippen molar-refractivity contribution in [1.29, 1.82) is 0 Å². The summed E-state index contributed by atoms with van der Waals surface area (Å²) in [5.41, 5.74) is -0.119. The Hall–Kier alpha value is -1.74. The van der Waals surface area contributed by atoms with E-state index in [1.165, 1.54) is 12.1 Å². The molecule has 148 valence electrons. The summed E-state index contributed by atoms with van der Waals surface area (Å²) < 4.78 is 27.7. The molecule has 4 atom stereocenters. The van der Waals surface area contributed by atoms with Crippen molar-refractivity contribution in [3.8, 4) is 5.75 Å². The molecule has 1 aromatic rings. The molecule has 0 spiro atoms. The molecule has 0 aliphatic rings. The Labute approximate surface area is 154 Å². The number of hydrogen-bond acceptors (Lipinski definition) is 7. The maximum absolute atomic E-state index is 11.0. The van der Waals surface area contributed by atoms with E-state index in [-0.39, 0.29) is 17.7 Å². The first-order chi connectivity index (χ1) is 12.3. The van der Waals surface area contributed by atoms with E-state index in [0.717, 1.165) is 12.8 Å². The number of nitro groups is 1. The zero-order valence-electron chi connectivity index (χ0n) is 16.0. The van der Waals surface area contributed by atoms with Crippen molar-refractivity contribution in [2.75, 3.05) is 6.61 Å². The third kappa shape index (κ3) is 8.57. The van der Waals surface area contributed by atoms with Gasteiger partial charge >= 0.3 is 5.69 Å². The average molecular weight is 371 g/mol. The van der Waals surface area contributed by atoms with E-state index in [0.29, 0.717) is 6.61 Å². The minimum absolute atomic E-state index is 0.119. The molecule has 8 nitrogen and oxygen atoms in total. The number of unbranched alkanes of at least 4 members (excludes halogenated alkanes) is 1. The van der Waals surface area contributed by atoms with E-state index in [2.05, 4.69) is 6.92 Å². The van der Waals surface area contributed by atoms with Gasteiger partial charge in [-0.3, -0.25) is 10.1 Å². The standard InChI is InChI=1S/C18H29NO7/c1-6-7-12-22-13(2)23-14(3)24-15(4)25-16(5)26-18-11-9-8-10-17(18)19(20)21/h8-11,13-16H,6-7,12H2,1-5H3. The first-order valence-corrected chi connectivity index (χ1v) is 8.81. The minimum atomic E-state index is -0.739. The Bertz CT molecular complexity index is 540. The molecule has 4 unspecified atom stereocenters. The van der Waals surface area contributed by atoms with Crippen LogP contribution >= 0.6 is 0 Å². The lowest BCUT2D eigenvalue weighted by Crippen LogP contribution is -2.30. The van der Waals surface area contributed by atoms with Gasteiger partial charge in [-0.15, -0.1) is 0 Å². The van der Waals surface area contributed by atoms with Crippen molar-refractivity contribution >= 4 is 5.69 Å². The van der Waals surface area contributed by atoms with Gasteiger partial charge in [0.1, 0.15) is 0 Å². The minimum Gasteiger partial charge on any atom is -0.458 e. The molecule has 1 aromatic carbocycles. The van der Waals surface area contributed by atoms with Gasteiger partial charge in [0, 0.05) is 12.7 Å². The first-order valence-electron chi connectivity index (χ1n) is 8.81. The van der Waals surface area contributed by atoms with Gasteiger partial charge in [0.15, 0.2) is 30.9 Å². The fourth-order valence-electron chi connectivity index (χ4n) is 2.22. The summed E-state index contributed by atoms with van der Waals surface area (Å²) in [6, 6.07) is 6.12. The van der Waals surface area contributed by atoms with Gasteiger partial charge in [0.2, 0.25) is 0 Å². The van der Waals surface area contributed by atoms with Gasteiger partial charge in [-0.2, -0.15) is 0 Å². The van der Waals surface area contributed by atoms with E-state index in [1.54, 1.807) is 39.8 Å². The van der Waals surface area contributed by atoms with Gasteiger partial charge in [0.05, 0.1) is 4.92 Å². The van der Waals surface area contributed by atoms with Crippen LogP contribution in [0.15, 0.2) is 24.3 Å². The SMILES string of the molecule is CCCCOC(C)OC(C)OC(C)OC(C)Oc1ccccc1[N+](=O)[O-]. The molecular weight excluding hydrogens is 342 g/mol. The van der Waals surface area contributed by atoms with Crippen LogP contribution in [0.2, 0.25) is 0 Å². The molecule has 8 heteroatoms. The lowest BCUT2D eigenvalue weighted by atomic mass is 10.3. The molecule has 0 aliphatic carbocycles. The second-order valence-corrected chi connectivity index (χ2v) is 5.75. The summed E-state index contributed by atoms with van der Waals surface area (Å²) in [4.78, 5) is 10.5. The van der Waals surface area contributed by atoms with E-state index >= 15 is 0 Å². The van der Waals surface area contributed by atoms with E-state index in [1.807, 2.05) is 0 Å². The maximum Gasteiger partial charge on any atom is 0.311 e. The van der Waals surface area contributed by atoms with Crippen LogP contribution in [0.5, 0.6) is 5.75 Å². The molecule has 0 saturated heterocycles. The van der Waals surface area contributed by atoms with Gasteiger partial charge in [-0.1, -0.05) is 25.5 Å². The van der Waals surface area contributed by atoms with Gasteiger partial charge in [-0.25, -0.2) is 0 Å². The molecule has 1 rings (SSSR count). The van der Waals surface area contributed by atoms with E-state index in [4.69, 9.17) is 23.7 Å². The van der Waals surface area contributed by atoms with Crippen LogP contribution in [-0.2, 0) is 18.9 Å². The molecule has 0 bridgehead atoms. The van der Waals surface area contributed by atoms with Gasteiger partial charge in [0.25, 0.3) is 0 Å². The topological polar surface area (TPSA) is 89.3 Å². The fourth-order valence-corrected chi connectivity index (χ4v) is 2.22. The Morgan fingerprint density at radius 3 is 2.15 bits per heavy atom. The Balaban J connectivity index is 2.40. The summed E-state index contributed by atoms with van der Waals surface area (Å²) in [7, 11) is 0. The second kappa shape index (κ2) is 11.8. The van der Waals surface area contributed by atoms with Crippen molar-refractivity contribution in [2.24, 2.45) is 0 Å². The normalized spacial score (nSPS) is 15.9. The van der Waals surface area contributed by atoms with E-state index < -0.39 is 23.8 Å². The van der Waals surface area contributed by atoms with Crippen LogP contribution in [0.1, 0.15) is 47.5 Å². The zero-order valence-corrected chi connectivity index (χ0v) is 16.0. The van der Waals surface area contributed by atoms with E-state index in [9.17, 15) is 10.1 Å². The molecule has 0 fully saturated rings. The third-order valence-electron chi connectivity index (χ3n) is 3.36. The van der Waals surface area contributed by atoms with Crippen LogP contribution < -0.4 is 4.74 Å². The number of ether oxygens (including phenoxy) is 5. The lowest BCUT2D eigenvalue weighted by molar-refractivity contribution is -0.386. The zero-order chi connectivity index (χ0) is 19.5. The monoisotopic (exact) mass is 371 g/mol. The molecular formula is C18H29NO7. The van der Waals surface area contributed by atoms with Crippen LogP contribution in [0.25, 0.3) is 0 Å². The third-order valence-corrected chi connectivity index (χ3v) is 3.36. The van der Waals surface area contributed by atoms with Gasteiger partial charge < -0.3 is 23.7 Å². The molecule has 0 amide bonds. The molecule has 0 aromatic heterocycles. The molecule has 26 heavy (non-hydrogen) atoms. The summed E-state index contributed by atoms with van der Waals surface area (Å²) >= 11 is 0. The molecule has 0 radical (unpaired) electrons. The smallest absolute Gasteiger partial charge is 0.311 e. The number of nitrogens with zero attached hydrogens (tertiary/aromatic N) is 1. The number of benzene rings is 1. The molecule has 0 N–H and O–H groups in total. The quantitative estimate of drug-likeness (QED) is 0.222. The Kier molecular flexibility index (Phi) is 10.1. The highest BCUT2D eigenvalue weighted by Gasteiger charge is 2.19. The van der Waals surface area contributed by atoms with Crippen LogP contribution in [0.4, 0.5) is 5.69 Å². The van der Waals surface area contributed by atoms with Crippen LogP contribution in [0.3, 0.4) is 0 Å². The Morgan fingerprint density at radius 2 is 1.54 bits per heavy atom. The summed E-state index contributed by atoms with van der Waals surface area (Å²) in [5, 5.41) is 11.0. The van der Waals surface area contributed by atoms with Crippen molar-refractivity contribution in [1.82, 2.24) is 0 Å². The number of nitro benzene ring substituents is 1. The summed E-state index contributed by atoms with van der Waals surface area (Å²) in [6.45, 7) is 9.61. The second-order valence-electron chi connectivity index (χ2n) is 5.75. The maximum atomic E-state index is 11.0. The highest BCUT2D eigenvalue weighted by atomic mass is 16.8. The van der Waals surface area contributed by atoms with Crippen LogP contribution in [0, 0.1) is 10.1 Å². The molecule has 0 heterocycles. The fraction of sp³-hybridized carbons (Fsp3) is 0.667. The highest BCUT2D eigenvalue weighted by molar-refractivity contribution is 5.45. The predicted octanol–water partition coefficient (Wildman–Crippen LogP) is 4.22. The molecule has 0 aliphatic heterocycles. The Morgan fingerprint density at radius 1 is 0.962 bits per heavy atom.